The third kappa shape index (κ3) is 2.93. The van der Waals surface area contributed by atoms with E-state index in [-0.39, 0.29) is 5.91 Å². The van der Waals surface area contributed by atoms with Crippen LogP contribution in [-0.2, 0) is 6.42 Å². The minimum atomic E-state index is 0.0204. The number of nitrogens with zero attached hydrogens (tertiary/aromatic N) is 2. The molecule has 1 amide bonds. The quantitative estimate of drug-likeness (QED) is 0.788. The molecule has 3 rings (SSSR count). The van der Waals surface area contributed by atoms with E-state index in [0.29, 0.717) is 11.5 Å². The van der Waals surface area contributed by atoms with Crippen LogP contribution in [0.15, 0.2) is 41.1 Å². The number of hydrogen-bond acceptors (Lipinski definition) is 2. The van der Waals surface area contributed by atoms with Gasteiger partial charge >= 0.3 is 0 Å². The topological polar surface area (TPSA) is 33.2 Å². The van der Waals surface area contributed by atoms with Gasteiger partial charge in [0.15, 0.2) is 0 Å². The second kappa shape index (κ2) is 6.21. The lowest BCUT2D eigenvalue weighted by Gasteiger charge is -2.30. The maximum absolute atomic E-state index is 12.8. The van der Waals surface area contributed by atoms with Gasteiger partial charge in [0.05, 0.1) is 5.56 Å². The first-order valence-electron chi connectivity index (χ1n) is 7.61. The molecule has 0 spiro atoms. The summed E-state index contributed by atoms with van der Waals surface area (Å²) in [6, 6.07) is 8.30. The lowest BCUT2D eigenvalue weighted by molar-refractivity contribution is 0.0984. The Bertz CT molecular complexity index is 712. The third-order valence-corrected chi connectivity index (χ3v) is 4.52. The molecule has 0 aliphatic carbocycles. The van der Waals surface area contributed by atoms with Gasteiger partial charge in [-0.25, -0.2) is 0 Å². The Morgan fingerprint density at radius 3 is 2.82 bits per heavy atom. The van der Waals surface area contributed by atoms with Crippen LogP contribution in [0.3, 0.4) is 0 Å². The van der Waals surface area contributed by atoms with Gasteiger partial charge in [-0.2, -0.15) is 0 Å². The second-order valence-corrected chi connectivity index (χ2v) is 6.91. The highest BCUT2D eigenvalue weighted by Crippen LogP contribution is 2.31. The summed E-state index contributed by atoms with van der Waals surface area (Å²) < 4.78 is 0.825. The molecule has 1 aliphatic rings. The Balaban J connectivity index is 1.96. The Morgan fingerprint density at radius 2 is 2.09 bits per heavy atom. The van der Waals surface area contributed by atoms with E-state index in [9.17, 15) is 4.79 Å². The molecule has 114 valence electrons. The number of amides is 1. The van der Waals surface area contributed by atoms with Crippen LogP contribution < -0.4 is 4.90 Å². The van der Waals surface area contributed by atoms with Crippen molar-refractivity contribution in [3.63, 3.8) is 0 Å². The fraction of sp³-hybridized carbons (Fsp3) is 0.333. The highest BCUT2D eigenvalue weighted by atomic mass is 79.9. The van der Waals surface area contributed by atoms with Crippen molar-refractivity contribution in [1.29, 1.82) is 0 Å². The number of aromatic nitrogens is 1. The third-order valence-electron chi connectivity index (χ3n) is 4.09. The van der Waals surface area contributed by atoms with E-state index in [1.54, 1.807) is 12.4 Å². The van der Waals surface area contributed by atoms with Crippen LogP contribution in [0.1, 0.15) is 47.7 Å². The van der Waals surface area contributed by atoms with Crippen LogP contribution in [0.4, 0.5) is 5.69 Å². The van der Waals surface area contributed by atoms with Crippen LogP contribution in [0.25, 0.3) is 0 Å². The van der Waals surface area contributed by atoms with Gasteiger partial charge in [-0.15, -0.1) is 0 Å². The molecule has 3 nitrogen and oxygen atoms in total. The number of fused-ring (bicyclic) bond motifs is 1. The van der Waals surface area contributed by atoms with Gasteiger partial charge < -0.3 is 4.90 Å². The van der Waals surface area contributed by atoms with Crippen LogP contribution in [-0.4, -0.2) is 17.4 Å². The number of halogens is 1. The zero-order valence-corrected chi connectivity index (χ0v) is 14.4. The Kier molecular flexibility index (Phi) is 4.30. The molecule has 1 aliphatic heterocycles. The molecular weight excluding hydrogens is 340 g/mol. The maximum atomic E-state index is 12.8. The van der Waals surface area contributed by atoms with E-state index < -0.39 is 0 Å². The molecule has 0 unspecified atom stereocenters. The van der Waals surface area contributed by atoms with Crippen molar-refractivity contribution in [1.82, 2.24) is 4.98 Å². The van der Waals surface area contributed by atoms with Crippen molar-refractivity contribution in [2.24, 2.45) is 0 Å². The fourth-order valence-corrected chi connectivity index (χ4v) is 3.24. The lowest BCUT2D eigenvalue weighted by Crippen LogP contribution is -2.35. The van der Waals surface area contributed by atoms with Crippen molar-refractivity contribution < 1.29 is 4.79 Å². The molecule has 2 heterocycles. The van der Waals surface area contributed by atoms with Gasteiger partial charge in [-0.3, -0.25) is 9.78 Å². The van der Waals surface area contributed by atoms with Crippen LogP contribution in [0, 0.1) is 0 Å². The standard InChI is InChI=1S/C18H19BrN2O/c1-12(2)13-5-6-17-14(8-13)4-3-7-21(17)18(22)15-9-16(19)11-20-10-15/h5-6,8-12H,3-4,7H2,1-2H3. The largest absolute Gasteiger partial charge is 0.308 e. The van der Waals surface area contributed by atoms with Gasteiger partial charge in [0.25, 0.3) is 5.91 Å². The zero-order valence-electron chi connectivity index (χ0n) is 12.8. The van der Waals surface area contributed by atoms with E-state index in [1.807, 2.05) is 11.0 Å². The SMILES string of the molecule is CC(C)c1ccc2c(c1)CCCN2C(=O)c1cncc(Br)c1. The van der Waals surface area contributed by atoms with Crippen molar-refractivity contribution in [3.8, 4) is 0 Å². The minimum Gasteiger partial charge on any atom is -0.308 e. The highest BCUT2D eigenvalue weighted by molar-refractivity contribution is 9.10. The van der Waals surface area contributed by atoms with Crippen molar-refractivity contribution >= 4 is 27.5 Å². The summed E-state index contributed by atoms with van der Waals surface area (Å²) in [5.41, 5.74) is 4.27. The molecule has 0 saturated carbocycles. The molecule has 0 N–H and O–H groups in total. The lowest BCUT2D eigenvalue weighted by atomic mass is 9.94. The summed E-state index contributed by atoms with van der Waals surface area (Å²) in [4.78, 5) is 18.8. The molecular formula is C18H19BrN2O. The monoisotopic (exact) mass is 358 g/mol. The molecule has 22 heavy (non-hydrogen) atoms. The number of rotatable bonds is 2. The van der Waals surface area contributed by atoms with Gasteiger partial charge in [-0.05, 0) is 57.9 Å². The molecule has 1 aromatic heterocycles. The summed E-state index contributed by atoms with van der Waals surface area (Å²) in [6.45, 7) is 5.15. The van der Waals surface area contributed by atoms with E-state index in [2.05, 4.69) is 53.0 Å². The highest BCUT2D eigenvalue weighted by Gasteiger charge is 2.24. The normalized spacial score (nSPS) is 14.1. The molecule has 0 atom stereocenters. The number of carbonyl (C=O) groups is 1. The molecule has 4 heteroatoms. The molecule has 0 saturated heterocycles. The van der Waals surface area contributed by atoms with Gasteiger partial charge in [0.1, 0.15) is 0 Å². The second-order valence-electron chi connectivity index (χ2n) is 6.00. The zero-order chi connectivity index (χ0) is 15.7. The Labute approximate surface area is 139 Å². The Morgan fingerprint density at radius 1 is 1.27 bits per heavy atom. The average molecular weight is 359 g/mol. The van der Waals surface area contributed by atoms with Gasteiger partial charge in [0, 0.05) is 29.1 Å². The van der Waals surface area contributed by atoms with E-state index >= 15 is 0 Å². The predicted octanol–water partition coefficient (Wildman–Crippen LogP) is 4.56. The number of benzene rings is 1. The molecule has 0 radical (unpaired) electrons. The molecule has 1 aromatic carbocycles. The van der Waals surface area contributed by atoms with E-state index in [1.165, 1.54) is 11.1 Å². The van der Waals surface area contributed by atoms with Crippen molar-refractivity contribution in [2.75, 3.05) is 11.4 Å². The van der Waals surface area contributed by atoms with Crippen molar-refractivity contribution in [2.45, 2.75) is 32.6 Å². The first-order chi connectivity index (χ1) is 10.6. The summed E-state index contributed by atoms with van der Waals surface area (Å²) in [6.07, 6.45) is 5.36. The number of carbonyl (C=O) groups excluding carboxylic acids is 1. The first-order valence-corrected chi connectivity index (χ1v) is 8.41. The van der Waals surface area contributed by atoms with Crippen molar-refractivity contribution in [3.05, 3.63) is 57.8 Å². The molecule has 0 fully saturated rings. The fourth-order valence-electron chi connectivity index (χ4n) is 2.87. The minimum absolute atomic E-state index is 0.0204. The first kappa shape index (κ1) is 15.2. The van der Waals surface area contributed by atoms with Gasteiger partial charge in [-0.1, -0.05) is 26.0 Å². The molecule has 0 bridgehead atoms. The number of aryl methyl sites for hydroxylation is 1. The number of hydrogen-bond donors (Lipinski definition) is 0. The van der Waals surface area contributed by atoms with Crippen LogP contribution >= 0.6 is 15.9 Å². The number of pyridine rings is 1. The average Bonchev–Trinajstić information content (AvgIpc) is 2.53. The van der Waals surface area contributed by atoms with Gasteiger partial charge in [0.2, 0.25) is 0 Å². The van der Waals surface area contributed by atoms with Crippen LogP contribution in [0.5, 0.6) is 0 Å². The van der Waals surface area contributed by atoms with E-state index in [0.717, 1.165) is 29.5 Å². The smallest absolute Gasteiger partial charge is 0.259 e. The summed E-state index contributed by atoms with van der Waals surface area (Å²) >= 11 is 3.38. The summed E-state index contributed by atoms with van der Waals surface area (Å²) in [7, 11) is 0. The number of anilines is 1. The molecule has 2 aromatic rings. The van der Waals surface area contributed by atoms with E-state index in [4.69, 9.17) is 0 Å². The Hall–Kier alpha value is -1.68. The summed E-state index contributed by atoms with van der Waals surface area (Å²) in [5.74, 6) is 0.526. The predicted molar refractivity (Wildman–Crippen MR) is 92.5 cm³/mol. The van der Waals surface area contributed by atoms with Crippen LogP contribution in [0.2, 0.25) is 0 Å². The maximum Gasteiger partial charge on any atom is 0.259 e. The summed E-state index contributed by atoms with van der Waals surface area (Å²) in [5, 5.41) is 0.